The van der Waals surface area contributed by atoms with Crippen LogP contribution in [0.5, 0.6) is 0 Å². The van der Waals surface area contributed by atoms with Crippen LogP contribution in [-0.4, -0.2) is 15.2 Å². The Labute approximate surface area is 345 Å². The fourth-order valence-electron chi connectivity index (χ4n) is 8.64. The summed E-state index contributed by atoms with van der Waals surface area (Å²) in [4.78, 5) is 7.04. The topological polar surface area (TPSA) is 55.1 Å². The highest BCUT2D eigenvalue weighted by Crippen LogP contribution is 2.40. The highest BCUT2D eigenvalue weighted by atomic mass is 16.3. The van der Waals surface area contributed by atoms with E-state index in [-0.39, 0.29) is 0 Å². The third-order valence-electron chi connectivity index (χ3n) is 11.7. The van der Waals surface area contributed by atoms with E-state index in [0.717, 1.165) is 66.7 Å². The van der Waals surface area contributed by atoms with Gasteiger partial charge in [0, 0.05) is 39.0 Å². The normalized spacial score (nSPS) is 11.7. The maximum absolute atomic E-state index is 6.12. The molecule has 0 saturated heterocycles. The molecule has 0 bridgehead atoms. The molecule has 0 atom stereocenters. The molecule has 2 heterocycles. The molecule has 0 aliphatic heterocycles. The van der Waals surface area contributed by atoms with Crippen LogP contribution in [-0.2, 0) is 0 Å². The summed E-state index contributed by atoms with van der Waals surface area (Å²) in [5.74, 6) is 0.601. The summed E-state index contributed by atoms with van der Waals surface area (Å²) in [6, 6.07) is 72.9. The van der Waals surface area contributed by atoms with Gasteiger partial charge in [-0.1, -0.05) is 127 Å². The summed E-state index contributed by atoms with van der Waals surface area (Å²) in [5, 5.41) is 20.0. The first-order chi connectivity index (χ1) is 29.7. The van der Waals surface area contributed by atoms with Crippen molar-refractivity contribution in [1.29, 1.82) is 0 Å². The summed E-state index contributed by atoms with van der Waals surface area (Å²) in [5.41, 5.74) is 10.8. The fraction of sp³-hybridized carbons (Fsp3) is 0. The largest absolute Gasteiger partial charge is 0.436 e. The molecule has 0 radical (unpaired) electrons. The molecule has 0 aliphatic carbocycles. The Hall–Kier alpha value is -8.15. The van der Waals surface area contributed by atoms with Crippen molar-refractivity contribution < 1.29 is 4.42 Å². The van der Waals surface area contributed by atoms with E-state index in [1.807, 2.05) is 30.3 Å². The van der Waals surface area contributed by atoms with Crippen molar-refractivity contribution in [1.82, 2.24) is 15.2 Å². The van der Waals surface area contributed by atoms with Crippen LogP contribution in [0.4, 0.5) is 17.1 Å². The second-order valence-electron chi connectivity index (χ2n) is 15.3. The molecule has 2 aromatic heterocycles. The smallest absolute Gasteiger partial charge is 0.227 e. The molecular weight excluding hydrogens is 733 g/mol. The highest BCUT2D eigenvalue weighted by Gasteiger charge is 2.17. The number of nitrogens with zero attached hydrogens (tertiary/aromatic N) is 4. The molecule has 60 heavy (non-hydrogen) atoms. The zero-order chi connectivity index (χ0) is 39.6. The summed E-state index contributed by atoms with van der Waals surface area (Å²) in [6.45, 7) is 0. The van der Waals surface area contributed by atoms with Crippen molar-refractivity contribution >= 4 is 82.2 Å². The number of oxazole rings is 1. The Morgan fingerprint density at radius 3 is 1.72 bits per heavy atom. The third kappa shape index (κ3) is 5.83. The molecule has 280 valence electrons. The Balaban J connectivity index is 0.928. The minimum absolute atomic E-state index is 0.601. The number of hydrogen-bond acceptors (Lipinski definition) is 5. The molecule has 10 aromatic carbocycles. The highest BCUT2D eigenvalue weighted by molar-refractivity contribution is 6.10. The second-order valence-corrected chi connectivity index (χ2v) is 15.3. The van der Waals surface area contributed by atoms with Crippen molar-refractivity contribution in [2.24, 2.45) is 0 Å². The SMILES string of the molecule is c1ccc2cc(-c3ccc4c(ccc5cc(N(c6ccc(-c7cc8ccc9ccccc9c8nn7)cc6)c6ccc(-c7nc8ccccc8o7)cc6)ccc54)c3)ccc2c1. The molecule has 5 heteroatoms. The second kappa shape index (κ2) is 13.8. The summed E-state index contributed by atoms with van der Waals surface area (Å²) < 4.78 is 6.12. The molecule has 0 spiro atoms. The monoisotopic (exact) mass is 766 g/mol. The van der Waals surface area contributed by atoms with Gasteiger partial charge >= 0.3 is 0 Å². The quantitative estimate of drug-likeness (QED) is 0.158. The molecule has 5 nitrogen and oxygen atoms in total. The number of anilines is 3. The van der Waals surface area contributed by atoms with Crippen LogP contribution in [0, 0.1) is 0 Å². The van der Waals surface area contributed by atoms with Crippen LogP contribution in [0.1, 0.15) is 0 Å². The minimum atomic E-state index is 0.601. The van der Waals surface area contributed by atoms with Gasteiger partial charge < -0.3 is 9.32 Å². The molecule has 0 amide bonds. The predicted molar refractivity (Wildman–Crippen MR) is 248 cm³/mol. The van der Waals surface area contributed by atoms with Gasteiger partial charge in [-0.3, -0.25) is 0 Å². The maximum atomic E-state index is 6.12. The van der Waals surface area contributed by atoms with Gasteiger partial charge in [-0.15, -0.1) is 10.2 Å². The summed E-state index contributed by atoms with van der Waals surface area (Å²) >= 11 is 0. The molecule has 12 aromatic rings. The van der Waals surface area contributed by atoms with E-state index >= 15 is 0 Å². The summed E-state index contributed by atoms with van der Waals surface area (Å²) in [7, 11) is 0. The number of aromatic nitrogens is 3. The maximum Gasteiger partial charge on any atom is 0.227 e. The Bertz CT molecular complexity index is 3580. The number of rotatable bonds is 6. The van der Waals surface area contributed by atoms with Crippen molar-refractivity contribution in [3.8, 4) is 33.8 Å². The fourth-order valence-corrected chi connectivity index (χ4v) is 8.64. The van der Waals surface area contributed by atoms with Crippen LogP contribution < -0.4 is 4.90 Å². The van der Waals surface area contributed by atoms with Crippen molar-refractivity contribution in [3.63, 3.8) is 0 Å². The number of para-hydroxylation sites is 2. The van der Waals surface area contributed by atoms with Crippen molar-refractivity contribution in [2.45, 2.75) is 0 Å². The van der Waals surface area contributed by atoms with Gasteiger partial charge in [-0.25, -0.2) is 4.98 Å². The lowest BCUT2D eigenvalue weighted by Gasteiger charge is -2.26. The first-order valence-electron chi connectivity index (χ1n) is 20.2. The van der Waals surface area contributed by atoms with E-state index in [4.69, 9.17) is 14.5 Å². The number of benzene rings is 10. The van der Waals surface area contributed by atoms with E-state index < -0.39 is 0 Å². The van der Waals surface area contributed by atoms with Gasteiger partial charge in [-0.2, -0.15) is 0 Å². The van der Waals surface area contributed by atoms with Crippen molar-refractivity contribution in [3.05, 3.63) is 206 Å². The average Bonchev–Trinajstić information content (AvgIpc) is 3.76. The number of hydrogen-bond donors (Lipinski definition) is 0. The van der Waals surface area contributed by atoms with E-state index in [1.54, 1.807) is 0 Å². The number of fused-ring (bicyclic) bond motifs is 8. The average molecular weight is 767 g/mol. The molecule has 12 rings (SSSR count). The van der Waals surface area contributed by atoms with Gasteiger partial charge in [0.05, 0.1) is 5.69 Å². The minimum Gasteiger partial charge on any atom is -0.436 e. The summed E-state index contributed by atoms with van der Waals surface area (Å²) in [6.07, 6.45) is 0. The van der Waals surface area contributed by atoms with Gasteiger partial charge in [0.25, 0.3) is 0 Å². The van der Waals surface area contributed by atoms with Gasteiger partial charge in [0.1, 0.15) is 11.0 Å². The van der Waals surface area contributed by atoms with Crippen LogP contribution in [0.15, 0.2) is 211 Å². The van der Waals surface area contributed by atoms with E-state index in [1.165, 1.54) is 43.4 Å². The molecule has 0 N–H and O–H groups in total. The van der Waals surface area contributed by atoms with Crippen LogP contribution in [0.25, 0.3) is 98.9 Å². The first-order valence-corrected chi connectivity index (χ1v) is 20.2. The van der Waals surface area contributed by atoms with Crippen LogP contribution in [0.3, 0.4) is 0 Å². The lowest BCUT2D eigenvalue weighted by atomic mass is 9.96. The van der Waals surface area contributed by atoms with Crippen LogP contribution in [0.2, 0.25) is 0 Å². The molecule has 0 fully saturated rings. The third-order valence-corrected chi connectivity index (χ3v) is 11.7. The predicted octanol–water partition coefficient (Wildman–Crippen LogP) is 14.9. The zero-order valence-electron chi connectivity index (χ0n) is 32.3. The molecule has 0 unspecified atom stereocenters. The van der Waals surface area contributed by atoms with E-state index in [9.17, 15) is 0 Å². The lowest BCUT2D eigenvalue weighted by molar-refractivity contribution is 0.620. The van der Waals surface area contributed by atoms with Gasteiger partial charge in [0.15, 0.2) is 5.58 Å². The Kier molecular flexibility index (Phi) is 7.78. The molecule has 0 saturated carbocycles. The lowest BCUT2D eigenvalue weighted by Crippen LogP contribution is -2.10. The standard InChI is InChI=1S/C55H34N4O/c1-2-9-39-31-40(15-13-35(39)7-1)41-23-29-48-42(32-41)16-17-43-33-47(28-30-49(43)48)59(46-26-21-38(22-27-46)55-56-51-11-5-6-12-53(51)60-55)45-24-19-37(20-25-45)52-34-44-18-14-36-8-3-4-10-50(36)54(44)58-57-52/h1-34H. The Morgan fingerprint density at radius 1 is 0.350 bits per heavy atom. The first kappa shape index (κ1) is 33.9. The van der Waals surface area contributed by atoms with Crippen LogP contribution >= 0.6 is 0 Å². The zero-order valence-corrected chi connectivity index (χ0v) is 32.3. The van der Waals surface area contributed by atoms with E-state index in [2.05, 4.69) is 186 Å². The Morgan fingerprint density at radius 2 is 0.917 bits per heavy atom. The van der Waals surface area contributed by atoms with Crippen molar-refractivity contribution in [2.75, 3.05) is 4.90 Å². The van der Waals surface area contributed by atoms with Gasteiger partial charge in [-0.05, 0) is 128 Å². The van der Waals surface area contributed by atoms with Gasteiger partial charge in [0.2, 0.25) is 5.89 Å². The molecular formula is C55H34N4O. The molecule has 0 aliphatic rings. The van der Waals surface area contributed by atoms with E-state index in [0.29, 0.717) is 5.89 Å².